The molecule has 1 aliphatic carbocycles. The van der Waals surface area contributed by atoms with Crippen molar-refractivity contribution in [3.05, 3.63) is 53.1 Å². The lowest BCUT2D eigenvalue weighted by atomic mass is 10.1. The number of hydrogen-bond acceptors (Lipinski definition) is 4. The minimum absolute atomic E-state index is 0.0156. The Bertz CT molecular complexity index is 516. The van der Waals surface area contributed by atoms with Crippen LogP contribution in [0, 0.1) is 10.6 Å². The van der Waals surface area contributed by atoms with E-state index in [1.807, 2.05) is 0 Å². The van der Waals surface area contributed by atoms with E-state index in [1.165, 1.54) is 7.05 Å². The molecule has 0 aromatic heterocycles. The van der Waals surface area contributed by atoms with E-state index in [2.05, 4.69) is 0 Å². The first kappa shape index (κ1) is 12.3. The topological polar surface area (TPSA) is 86.6 Å². The van der Waals surface area contributed by atoms with Gasteiger partial charge in [-0.1, -0.05) is 0 Å². The molecule has 1 unspecified atom stereocenters. The second-order valence-electron chi connectivity index (χ2n) is 4.11. The number of ether oxygens (including phenoxy) is 1. The lowest BCUT2D eigenvalue weighted by molar-refractivity contribution is -0.751. The average Bonchev–Trinajstić information content (AvgIpc) is 2.33. The number of benzene rings is 1. The first-order valence-corrected chi connectivity index (χ1v) is 5.59. The Morgan fingerprint density at radius 3 is 2.50 bits per heavy atom. The molecule has 0 fully saturated rings. The highest BCUT2D eigenvalue weighted by molar-refractivity contribution is 5.99. The number of hydrogen-bond donors (Lipinski definition) is 3. The van der Waals surface area contributed by atoms with Gasteiger partial charge in [0.25, 0.3) is 0 Å². The molecule has 5 heteroatoms. The van der Waals surface area contributed by atoms with Gasteiger partial charge < -0.3 is 26.2 Å². The predicted octanol–water partition coefficient (Wildman–Crippen LogP) is 0.859. The maximum absolute atomic E-state index is 11.1. The van der Waals surface area contributed by atoms with Crippen molar-refractivity contribution in [2.75, 3.05) is 7.05 Å². The van der Waals surface area contributed by atoms with Crippen LogP contribution in [-0.4, -0.2) is 12.8 Å². The Kier molecular flexibility index (Phi) is 3.45. The third-order valence-electron chi connectivity index (χ3n) is 2.62. The fourth-order valence-corrected chi connectivity index (χ4v) is 1.61. The second-order valence-corrected chi connectivity index (χ2v) is 4.11. The van der Waals surface area contributed by atoms with Crippen LogP contribution in [0.25, 0.3) is 0 Å². The largest absolute Gasteiger partial charge is 0.629 e. The van der Waals surface area contributed by atoms with Crippen LogP contribution < -0.4 is 15.5 Å². The molecule has 0 radical (unpaired) electrons. The van der Waals surface area contributed by atoms with E-state index in [0.717, 1.165) is 0 Å². The van der Waals surface area contributed by atoms with Gasteiger partial charge in [-0.25, -0.2) is 0 Å². The highest BCUT2D eigenvalue weighted by Crippen LogP contribution is 2.19. The third-order valence-corrected chi connectivity index (χ3v) is 2.62. The van der Waals surface area contributed by atoms with Gasteiger partial charge in [0.15, 0.2) is 0 Å². The van der Waals surface area contributed by atoms with Gasteiger partial charge in [-0.3, -0.25) is 0 Å². The summed E-state index contributed by atoms with van der Waals surface area (Å²) < 4.78 is 5.58. The van der Waals surface area contributed by atoms with E-state index in [0.29, 0.717) is 35.0 Å². The number of nitrogens with two attached hydrogens (primary N) is 1. The van der Waals surface area contributed by atoms with Crippen LogP contribution in [0.3, 0.4) is 0 Å². The SMILES string of the molecule is C[NH+]([O-])c1ccc(OC2=CC=C(N)CC2=N)cc1. The van der Waals surface area contributed by atoms with Gasteiger partial charge in [-0.15, -0.1) is 0 Å². The highest BCUT2D eigenvalue weighted by atomic mass is 16.5. The van der Waals surface area contributed by atoms with Crippen LogP contribution in [0.5, 0.6) is 5.75 Å². The van der Waals surface area contributed by atoms with Crippen molar-refractivity contribution in [2.45, 2.75) is 6.42 Å². The molecule has 2 rings (SSSR count). The minimum Gasteiger partial charge on any atom is -0.629 e. The highest BCUT2D eigenvalue weighted by Gasteiger charge is 2.12. The number of hydroxylamine groups is 1. The zero-order valence-corrected chi connectivity index (χ0v) is 10.1. The normalized spacial score (nSPS) is 16.9. The van der Waals surface area contributed by atoms with Gasteiger partial charge >= 0.3 is 0 Å². The van der Waals surface area contributed by atoms with Crippen LogP contribution in [0.15, 0.2) is 47.9 Å². The molecule has 0 saturated carbocycles. The smallest absolute Gasteiger partial charge is 0.148 e. The molecule has 4 N–H and O–H groups in total. The summed E-state index contributed by atoms with van der Waals surface area (Å²) in [5, 5.41) is 18.9. The minimum atomic E-state index is 0.0156. The third kappa shape index (κ3) is 2.77. The van der Waals surface area contributed by atoms with Crippen LogP contribution in [-0.2, 0) is 0 Å². The van der Waals surface area contributed by atoms with Crippen molar-refractivity contribution < 1.29 is 9.80 Å². The van der Waals surface area contributed by atoms with Gasteiger partial charge in [0.1, 0.15) is 17.2 Å². The summed E-state index contributed by atoms with van der Waals surface area (Å²) in [6, 6.07) is 6.84. The van der Waals surface area contributed by atoms with E-state index < -0.39 is 0 Å². The van der Waals surface area contributed by atoms with Crippen LogP contribution in [0.4, 0.5) is 5.69 Å². The molecule has 1 aromatic rings. The molecule has 18 heavy (non-hydrogen) atoms. The Hall–Kier alpha value is -2.11. The van der Waals surface area contributed by atoms with Gasteiger partial charge in [0.05, 0.1) is 12.8 Å². The van der Waals surface area contributed by atoms with Crippen molar-refractivity contribution >= 4 is 11.4 Å². The van der Waals surface area contributed by atoms with E-state index in [9.17, 15) is 5.21 Å². The van der Waals surface area contributed by atoms with Gasteiger partial charge in [0.2, 0.25) is 0 Å². The first-order valence-electron chi connectivity index (χ1n) is 5.59. The molecular formula is C13H15N3O2. The summed E-state index contributed by atoms with van der Waals surface area (Å²) in [5.74, 6) is 1.09. The van der Waals surface area contributed by atoms with Crippen molar-refractivity contribution in [1.29, 1.82) is 5.41 Å². The zero-order chi connectivity index (χ0) is 13.1. The Balaban J connectivity index is 2.12. The Labute approximate surface area is 105 Å². The van der Waals surface area contributed by atoms with E-state index >= 15 is 0 Å². The molecule has 0 bridgehead atoms. The van der Waals surface area contributed by atoms with Gasteiger partial charge in [0, 0.05) is 24.3 Å². The fraction of sp³-hybridized carbons (Fsp3) is 0.154. The maximum atomic E-state index is 11.1. The van der Waals surface area contributed by atoms with Crippen LogP contribution >= 0.6 is 0 Å². The molecule has 1 aromatic carbocycles. The number of allylic oxidation sites excluding steroid dienone is 4. The van der Waals surface area contributed by atoms with E-state index in [1.54, 1.807) is 36.4 Å². The summed E-state index contributed by atoms with van der Waals surface area (Å²) in [7, 11) is 1.52. The van der Waals surface area contributed by atoms with Gasteiger partial charge in [-0.2, -0.15) is 0 Å². The summed E-state index contributed by atoms with van der Waals surface area (Å²) in [4.78, 5) is 0. The summed E-state index contributed by atoms with van der Waals surface area (Å²) in [6.07, 6.45) is 3.81. The molecule has 1 aliphatic rings. The lowest BCUT2D eigenvalue weighted by Crippen LogP contribution is -2.98. The van der Waals surface area contributed by atoms with Crippen molar-refractivity contribution in [3.8, 4) is 5.75 Å². The van der Waals surface area contributed by atoms with Crippen molar-refractivity contribution in [1.82, 2.24) is 0 Å². The van der Waals surface area contributed by atoms with E-state index in [-0.39, 0.29) is 5.06 Å². The van der Waals surface area contributed by atoms with Crippen LogP contribution in [0.2, 0.25) is 0 Å². The lowest BCUT2D eigenvalue weighted by Gasteiger charge is -2.17. The molecule has 94 valence electrons. The molecule has 0 amide bonds. The summed E-state index contributed by atoms with van der Waals surface area (Å²) >= 11 is 0. The van der Waals surface area contributed by atoms with E-state index in [4.69, 9.17) is 15.9 Å². The average molecular weight is 245 g/mol. The molecule has 5 nitrogen and oxygen atoms in total. The summed E-state index contributed by atoms with van der Waals surface area (Å²) in [6.45, 7) is 0. The van der Waals surface area contributed by atoms with Gasteiger partial charge in [-0.05, 0) is 24.3 Å². The fourth-order valence-electron chi connectivity index (χ4n) is 1.61. The monoisotopic (exact) mass is 245 g/mol. The Morgan fingerprint density at radius 2 is 1.94 bits per heavy atom. The quantitative estimate of drug-likeness (QED) is 0.690. The van der Waals surface area contributed by atoms with Crippen LogP contribution in [0.1, 0.15) is 6.42 Å². The zero-order valence-electron chi connectivity index (χ0n) is 10.1. The second kappa shape index (κ2) is 5.03. The summed E-state index contributed by atoms with van der Waals surface area (Å²) in [5.41, 5.74) is 7.26. The number of rotatable bonds is 3. The number of quaternary nitrogens is 1. The molecule has 0 spiro atoms. The molecule has 0 saturated heterocycles. The molecule has 0 heterocycles. The molecule has 0 aliphatic heterocycles. The Morgan fingerprint density at radius 1 is 1.28 bits per heavy atom. The first-order chi connectivity index (χ1) is 8.56. The molecular weight excluding hydrogens is 230 g/mol. The maximum Gasteiger partial charge on any atom is 0.148 e. The molecule has 1 atom stereocenters. The predicted molar refractivity (Wildman–Crippen MR) is 69.7 cm³/mol. The van der Waals surface area contributed by atoms with Crippen molar-refractivity contribution in [2.24, 2.45) is 5.73 Å². The standard InChI is InChI=1S/C13H15N3O2/c1-16(17)10-3-5-11(6-4-10)18-13-7-2-9(14)8-12(13)15/h2-7,15-16H,8,14H2,1H3. The number of nitrogens with one attached hydrogen (secondary N) is 2. The van der Waals surface area contributed by atoms with Crippen molar-refractivity contribution in [3.63, 3.8) is 0 Å².